The van der Waals surface area contributed by atoms with E-state index in [0.29, 0.717) is 32.7 Å². The molecule has 1 amide bonds. The van der Waals surface area contributed by atoms with Gasteiger partial charge in [0.05, 0.1) is 23.1 Å². The van der Waals surface area contributed by atoms with Crippen LogP contribution in [0.4, 0.5) is 0 Å². The third-order valence-corrected chi connectivity index (χ3v) is 6.58. The second kappa shape index (κ2) is 7.30. The standard InChI is InChI=1S/C18H19N3O3S2/c1-24-8-3-6-21-11-19-16-15(18(21)23)12-5-7-20(10-14(12)26-16)17(22)13-4-2-9-25-13/h2,4,9,11H,3,5-8,10H2,1H3. The lowest BCUT2D eigenvalue weighted by atomic mass is 10.1. The van der Waals surface area contributed by atoms with E-state index in [0.717, 1.165) is 32.0 Å². The highest BCUT2D eigenvalue weighted by Crippen LogP contribution is 2.33. The van der Waals surface area contributed by atoms with E-state index in [1.807, 2.05) is 22.4 Å². The largest absolute Gasteiger partial charge is 0.385 e. The van der Waals surface area contributed by atoms with E-state index in [-0.39, 0.29) is 11.5 Å². The van der Waals surface area contributed by atoms with Crippen molar-refractivity contribution < 1.29 is 9.53 Å². The number of fused-ring (bicyclic) bond motifs is 3. The molecule has 0 aliphatic carbocycles. The van der Waals surface area contributed by atoms with Gasteiger partial charge in [0.2, 0.25) is 0 Å². The van der Waals surface area contributed by atoms with Gasteiger partial charge in [-0.3, -0.25) is 14.2 Å². The molecule has 0 unspecified atom stereocenters. The average Bonchev–Trinajstić information content (AvgIpc) is 3.30. The normalized spacial score (nSPS) is 14.0. The molecule has 1 aliphatic rings. The Bertz CT molecular complexity index is 991. The number of hydrogen-bond donors (Lipinski definition) is 0. The molecule has 0 spiro atoms. The van der Waals surface area contributed by atoms with Gasteiger partial charge in [0.1, 0.15) is 4.83 Å². The van der Waals surface area contributed by atoms with Gasteiger partial charge in [-0.1, -0.05) is 6.07 Å². The molecule has 0 saturated carbocycles. The summed E-state index contributed by atoms with van der Waals surface area (Å²) in [6.07, 6.45) is 3.10. The van der Waals surface area contributed by atoms with E-state index in [1.165, 1.54) is 22.7 Å². The molecule has 1 aliphatic heterocycles. The number of amides is 1. The number of rotatable bonds is 5. The summed E-state index contributed by atoms with van der Waals surface area (Å²) in [6, 6.07) is 3.75. The number of carbonyl (C=O) groups excluding carboxylic acids is 1. The lowest BCUT2D eigenvalue weighted by molar-refractivity contribution is 0.0742. The van der Waals surface area contributed by atoms with Gasteiger partial charge in [0.25, 0.3) is 11.5 Å². The smallest absolute Gasteiger partial charge is 0.264 e. The second-order valence-corrected chi connectivity index (χ2v) is 8.26. The zero-order valence-electron chi connectivity index (χ0n) is 14.4. The van der Waals surface area contributed by atoms with Gasteiger partial charge in [-0.15, -0.1) is 22.7 Å². The van der Waals surface area contributed by atoms with Crippen LogP contribution in [0.2, 0.25) is 0 Å². The van der Waals surface area contributed by atoms with Crippen LogP contribution in [0, 0.1) is 0 Å². The number of aromatic nitrogens is 2. The maximum Gasteiger partial charge on any atom is 0.264 e. The Kier molecular flexibility index (Phi) is 4.88. The minimum absolute atomic E-state index is 0.0154. The Morgan fingerprint density at radius 2 is 2.31 bits per heavy atom. The van der Waals surface area contributed by atoms with Crippen molar-refractivity contribution in [2.24, 2.45) is 0 Å². The van der Waals surface area contributed by atoms with Crippen LogP contribution < -0.4 is 5.56 Å². The number of nitrogens with zero attached hydrogens (tertiary/aromatic N) is 3. The second-order valence-electron chi connectivity index (χ2n) is 6.23. The minimum atomic E-state index is 0.0154. The van der Waals surface area contributed by atoms with Crippen LogP contribution in [-0.4, -0.2) is 40.6 Å². The van der Waals surface area contributed by atoms with Crippen molar-refractivity contribution >= 4 is 38.8 Å². The number of thiophene rings is 2. The summed E-state index contributed by atoms with van der Waals surface area (Å²) in [5.41, 5.74) is 1.08. The highest BCUT2D eigenvalue weighted by atomic mass is 32.1. The van der Waals surface area contributed by atoms with Crippen LogP contribution in [0.25, 0.3) is 10.2 Å². The third kappa shape index (κ3) is 3.08. The SMILES string of the molecule is COCCCn1cnc2sc3c(c2c1=O)CCN(C(=O)c1cccs1)C3. The van der Waals surface area contributed by atoms with Crippen LogP contribution in [-0.2, 0) is 24.2 Å². The molecule has 26 heavy (non-hydrogen) atoms. The Hall–Kier alpha value is -2.03. The van der Waals surface area contributed by atoms with Crippen molar-refractivity contribution in [2.75, 3.05) is 20.3 Å². The molecule has 8 heteroatoms. The van der Waals surface area contributed by atoms with Crippen LogP contribution in [0.3, 0.4) is 0 Å². The summed E-state index contributed by atoms with van der Waals surface area (Å²) in [5, 5.41) is 2.64. The molecule has 0 fully saturated rings. The number of ether oxygens (including phenoxy) is 1. The Morgan fingerprint density at radius 1 is 1.42 bits per heavy atom. The first-order valence-electron chi connectivity index (χ1n) is 8.50. The predicted molar refractivity (Wildman–Crippen MR) is 103 cm³/mol. The lowest BCUT2D eigenvalue weighted by Gasteiger charge is -2.26. The van der Waals surface area contributed by atoms with Gasteiger partial charge < -0.3 is 9.64 Å². The summed E-state index contributed by atoms with van der Waals surface area (Å²) >= 11 is 2.99. The van der Waals surface area contributed by atoms with Crippen LogP contribution >= 0.6 is 22.7 Å². The van der Waals surface area contributed by atoms with Crippen LogP contribution in [0.1, 0.15) is 26.5 Å². The molecule has 0 bridgehead atoms. The maximum atomic E-state index is 12.9. The maximum absolute atomic E-state index is 12.9. The number of hydrogen-bond acceptors (Lipinski definition) is 6. The molecule has 4 heterocycles. The van der Waals surface area contributed by atoms with Crippen molar-refractivity contribution in [1.82, 2.24) is 14.5 Å². The van der Waals surface area contributed by atoms with Crippen molar-refractivity contribution in [3.8, 4) is 0 Å². The molecule has 0 N–H and O–H groups in total. The Labute approximate surface area is 158 Å². The minimum Gasteiger partial charge on any atom is -0.385 e. The van der Waals surface area contributed by atoms with E-state index in [2.05, 4.69) is 4.98 Å². The van der Waals surface area contributed by atoms with Crippen LogP contribution in [0.15, 0.2) is 28.6 Å². The van der Waals surface area contributed by atoms with Crippen molar-refractivity contribution in [1.29, 1.82) is 0 Å². The number of carbonyl (C=O) groups is 1. The predicted octanol–water partition coefficient (Wildman–Crippen LogP) is 2.75. The van der Waals surface area contributed by atoms with Gasteiger partial charge in [-0.2, -0.15) is 0 Å². The highest BCUT2D eigenvalue weighted by molar-refractivity contribution is 7.18. The summed E-state index contributed by atoms with van der Waals surface area (Å²) < 4.78 is 6.73. The van der Waals surface area contributed by atoms with Crippen molar-refractivity contribution in [2.45, 2.75) is 25.9 Å². The number of aryl methyl sites for hydroxylation is 1. The fourth-order valence-electron chi connectivity index (χ4n) is 3.29. The molecule has 0 radical (unpaired) electrons. The van der Waals surface area contributed by atoms with E-state index in [1.54, 1.807) is 18.0 Å². The van der Waals surface area contributed by atoms with E-state index in [4.69, 9.17) is 4.74 Å². The number of methoxy groups -OCH3 is 1. The van der Waals surface area contributed by atoms with Gasteiger partial charge >= 0.3 is 0 Å². The molecular weight excluding hydrogens is 370 g/mol. The molecule has 0 atom stereocenters. The highest BCUT2D eigenvalue weighted by Gasteiger charge is 2.27. The topological polar surface area (TPSA) is 64.4 Å². The molecular formula is C18H19N3O3S2. The summed E-state index contributed by atoms with van der Waals surface area (Å²) in [5.74, 6) is 0.0630. The van der Waals surface area contributed by atoms with E-state index in [9.17, 15) is 9.59 Å². The van der Waals surface area contributed by atoms with Crippen molar-refractivity contribution in [3.63, 3.8) is 0 Å². The van der Waals surface area contributed by atoms with Gasteiger partial charge in [-0.25, -0.2) is 4.98 Å². The van der Waals surface area contributed by atoms with Crippen LogP contribution in [0.5, 0.6) is 0 Å². The third-order valence-electron chi connectivity index (χ3n) is 4.59. The molecule has 6 nitrogen and oxygen atoms in total. The average molecular weight is 390 g/mol. The molecule has 136 valence electrons. The van der Waals surface area contributed by atoms with E-state index >= 15 is 0 Å². The molecule has 0 saturated heterocycles. The van der Waals surface area contributed by atoms with Gasteiger partial charge in [0, 0.05) is 31.7 Å². The first-order chi connectivity index (χ1) is 12.7. The fourth-order valence-corrected chi connectivity index (χ4v) is 5.17. The first-order valence-corrected chi connectivity index (χ1v) is 10.2. The summed E-state index contributed by atoms with van der Waals surface area (Å²) in [6.45, 7) is 2.40. The Balaban J connectivity index is 1.63. The molecule has 0 aromatic carbocycles. The monoisotopic (exact) mass is 389 g/mol. The lowest BCUT2D eigenvalue weighted by Crippen LogP contribution is -2.35. The van der Waals surface area contributed by atoms with Gasteiger partial charge in [0.15, 0.2) is 0 Å². The molecule has 3 aromatic heterocycles. The first kappa shape index (κ1) is 17.4. The molecule has 4 rings (SSSR count). The summed E-state index contributed by atoms with van der Waals surface area (Å²) in [7, 11) is 1.66. The summed E-state index contributed by atoms with van der Waals surface area (Å²) in [4.78, 5) is 34.4. The quantitative estimate of drug-likeness (QED) is 0.630. The zero-order valence-corrected chi connectivity index (χ0v) is 16.1. The van der Waals surface area contributed by atoms with Gasteiger partial charge in [-0.05, 0) is 29.9 Å². The molecule has 3 aromatic rings. The fraction of sp³-hybridized carbons (Fsp3) is 0.389. The zero-order chi connectivity index (χ0) is 18.1. The van der Waals surface area contributed by atoms with E-state index < -0.39 is 0 Å². The van der Waals surface area contributed by atoms with Crippen molar-refractivity contribution in [3.05, 3.63) is 49.5 Å². The Morgan fingerprint density at radius 3 is 3.08 bits per heavy atom.